The van der Waals surface area contributed by atoms with Gasteiger partial charge in [-0.2, -0.15) is 0 Å². The molecular weight excluding hydrogens is 568 g/mol. The number of halogens is 1. The lowest BCUT2D eigenvalue weighted by Crippen LogP contribution is -2.32. The summed E-state index contributed by atoms with van der Waals surface area (Å²) in [5.41, 5.74) is 6.28. The van der Waals surface area contributed by atoms with E-state index in [9.17, 15) is 4.79 Å². The Balaban J connectivity index is 1.53. The van der Waals surface area contributed by atoms with E-state index in [4.69, 9.17) is 0 Å². The molecule has 1 amide bonds. The van der Waals surface area contributed by atoms with Crippen molar-refractivity contribution in [2.45, 2.75) is 37.2 Å². The number of benzene rings is 4. The second-order valence-corrected chi connectivity index (χ2v) is 11.4. The van der Waals surface area contributed by atoms with Gasteiger partial charge in [0.15, 0.2) is 11.0 Å². The zero-order valence-corrected chi connectivity index (χ0v) is 24.2. The topological polar surface area (TPSA) is 59.8 Å². The van der Waals surface area contributed by atoms with Crippen LogP contribution in [0.5, 0.6) is 0 Å². The van der Waals surface area contributed by atoms with Gasteiger partial charge in [-0.15, -0.1) is 10.2 Å². The van der Waals surface area contributed by atoms with E-state index in [1.54, 1.807) is 11.8 Å². The molecule has 0 bridgehead atoms. The highest BCUT2D eigenvalue weighted by Gasteiger charge is 2.25. The quantitative estimate of drug-likeness (QED) is 0.177. The van der Waals surface area contributed by atoms with Crippen molar-refractivity contribution in [1.29, 1.82) is 0 Å². The molecule has 5 aromatic rings. The average Bonchev–Trinajstić information content (AvgIpc) is 3.37. The molecule has 196 valence electrons. The second-order valence-electron chi connectivity index (χ2n) is 9.51. The van der Waals surface area contributed by atoms with Crippen LogP contribution in [0.15, 0.2) is 113 Å². The molecule has 5 rings (SSSR count). The molecule has 5 nitrogen and oxygen atoms in total. The molecule has 39 heavy (non-hydrogen) atoms. The molecule has 1 heterocycles. The maximum Gasteiger partial charge on any atom is 0.251 e. The summed E-state index contributed by atoms with van der Waals surface area (Å²) in [6.45, 7) is 4.17. The van der Waals surface area contributed by atoms with Crippen molar-refractivity contribution in [3.05, 3.63) is 141 Å². The fourth-order valence-corrected chi connectivity index (χ4v) is 5.55. The Bertz CT molecular complexity index is 1550. The number of hydrogen-bond acceptors (Lipinski definition) is 4. The number of thioether (sulfide) groups is 1. The lowest BCUT2D eigenvalue weighted by molar-refractivity contribution is 0.0934. The summed E-state index contributed by atoms with van der Waals surface area (Å²) in [5, 5.41) is 13.3. The van der Waals surface area contributed by atoms with Crippen LogP contribution in [0, 0.1) is 13.8 Å². The minimum atomic E-state index is -0.398. The molecule has 1 atom stereocenters. The first-order chi connectivity index (χ1) is 19.0. The van der Waals surface area contributed by atoms with Crippen molar-refractivity contribution in [2.75, 3.05) is 0 Å². The number of hydrogen-bond donors (Lipinski definition) is 1. The Morgan fingerprint density at radius 3 is 2.28 bits per heavy atom. The van der Waals surface area contributed by atoms with Crippen molar-refractivity contribution in [1.82, 2.24) is 20.1 Å². The van der Waals surface area contributed by atoms with Crippen molar-refractivity contribution < 1.29 is 4.79 Å². The summed E-state index contributed by atoms with van der Waals surface area (Å²) in [6, 6.07) is 33.9. The fourth-order valence-electron chi connectivity index (χ4n) is 4.39. The van der Waals surface area contributed by atoms with Crippen molar-refractivity contribution in [3.63, 3.8) is 0 Å². The van der Waals surface area contributed by atoms with E-state index in [0.29, 0.717) is 17.8 Å². The van der Waals surface area contributed by atoms with E-state index >= 15 is 0 Å². The number of carbonyl (C=O) groups is 1. The molecule has 1 unspecified atom stereocenters. The number of aromatic nitrogens is 3. The fraction of sp³-hybridized carbons (Fsp3) is 0.156. The van der Waals surface area contributed by atoms with Crippen LogP contribution >= 0.6 is 27.7 Å². The smallest absolute Gasteiger partial charge is 0.251 e. The van der Waals surface area contributed by atoms with E-state index in [1.165, 1.54) is 16.7 Å². The number of nitrogens with one attached hydrogen (secondary N) is 1. The van der Waals surface area contributed by atoms with E-state index in [2.05, 4.69) is 111 Å². The van der Waals surface area contributed by atoms with Gasteiger partial charge in [-0.05, 0) is 67.8 Å². The molecule has 1 N–H and O–H groups in total. The van der Waals surface area contributed by atoms with Crippen LogP contribution < -0.4 is 5.32 Å². The lowest BCUT2D eigenvalue weighted by Gasteiger charge is -2.20. The number of nitrogens with zero attached hydrogens (tertiary/aromatic N) is 3. The molecule has 0 radical (unpaired) electrons. The van der Waals surface area contributed by atoms with Gasteiger partial charge in [0.25, 0.3) is 5.91 Å². The van der Waals surface area contributed by atoms with Gasteiger partial charge in [0.05, 0.1) is 6.04 Å². The Morgan fingerprint density at radius 1 is 0.846 bits per heavy atom. The summed E-state index contributed by atoms with van der Waals surface area (Å²) in [5.74, 6) is 1.30. The summed E-state index contributed by atoms with van der Waals surface area (Å²) in [7, 11) is 0. The molecular formula is C32H29BrN4OS. The second kappa shape index (κ2) is 12.5. The van der Waals surface area contributed by atoms with Gasteiger partial charge in [-0.1, -0.05) is 106 Å². The first kappa shape index (κ1) is 26.9. The lowest BCUT2D eigenvalue weighted by atomic mass is 10.0. The van der Waals surface area contributed by atoms with Gasteiger partial charge in [-0.25, -0.2) is 0 Å². The van der Waals surface area contributed by atoms with Gasteiger partial charge >= 0.3 is 0 Å². The van der Waals surface area contributed by atoms with Crippen LogP contribution in [0.1, 0.15) is 44.5 Å². The molecule has 0 saturated heterocycles. The van der Waals surface area contributed by atoms with Crippen LogP contribution in [0.25, 0.3) is 5.69 Å². The highest BCUT2D eigenvalue weighted by Crippen LogP contribution is 2.29. The summed E-state index contributed by atoms with van der Waals surface area (Å²) < 4.78 is 3.00. The molecule has 0 spiro atoms. The average molecular weight is 598 g/mol. The first-order valence-corrected chi connectivity index (χ1v) is 14.6. The van der Waals surface area contributed by atoms with Crippen LogP contribution in [0.4, 0.5) is 0 Å². The zero-order valence-electron chi connectivity index (χ0n) is 21.8. The van der Waals surface area contributed by atoms with Crippen LogP contribution in [-0.4, -0.2) is 20.7 Å². The predicted molar refractivity (Wildman–Crippen MR) is 161 cm³/mol. The van der Waals surface area contributed by atoms with E-state index in [0.717, 1.165) is 26.6 Å². The van der Waals surface area contributed by atoms with E-state index in [-0.39, 0.29) is 5.91 Å². The molecule has 0 aliphatic heterocycles. The van der Waals surface area contributed by atoms with Gasteiger partial charge in [0.1, 0.15) is 0 Å². The third-order valence-electron chi connectivity index (χ3n) is 6.41. The van der Waals surface area contributed by atoms with Gasteiger partial charge in [0, 0.05) is 21.5 Å². The molecule has 0 aliphatic rings. The summed E-state index contributed by atoms with van der Waals surface area (Å²) in [6.07, 6.45) is 0.579. The molecule has 0 fully saturated rings. The minimum Gasteiger partial charge on any atom is -0.342 e. The predicted octanol–water partition coefficient (Wildman–Crippen LogP) is 7.65. The maximum atomic E-state index is 13.4. The van der Waals surface area contributed by atoms with Crippen molar-refractivity contribution in [3.8, 4) is 5.69 Å². The standard InChI is InChI=1S/C32H29BrN4OS/c1-22-11-17-28(18-12-22)37-30(35-36-32(37)39-21-25-10-6-7-23(2)19-25)29(20-24-8-4-3-5-9-24)34-31(38)26-13-15-27(33)16-14-26/h3-19,29H,20-21H2,1-2H3,(H,34,38). The number of amides is 1. The van der Waals surface area contributed by atoms with Crippen LogP contribution in [0.3, 0.4) is 0 Å². The van der Waals surface area contributed by atoms with Gasteiger partial charge < -0.3 is 5.32 Å². The zero-order chi connectivity index (χ0) is 27.2. The third-order valence-corrected chi connectivity index (χ3v) is 7.94. The molecule has 0 saturated carbocycles. The summed E-state index contributed by atoms with van der Waals surface area (Å²) in [4.78, 5) is 13.4. The van der Waals surface area contributed by atoms with Crippen LogP contribution in [-0.2, 0) is 12.2 Å². The molecule has 4 aromatic carbocycles. The normalized spacial score (nSPS) is 11.8. The van der Waals surface area contributed by atoms with Crippen LogP contribution in [0.2, 0.25) is 0 Å². The highest BCUT2D eigenvalue weighted by molar-refractivity contribution is 9.10. The number of rotatable bonds is 9. The Labute approximate surface area is 241 Å². The Morgan fingerprint density at radius 2 is 1.56 bits per heavy atom. The summed E-state index contributed by atoms with van der Waals surface area (Å²) >= 11 is 5.09. The maximum absolute atomic E-state index is 13.4. The van der Waals surface area contributed by atoms with Gasteiger partial charge in [-0.3, -0.25) is 9.36 Å². The van der Waals surface area contributed by atoms with Crippen molar-refractivity contribution in [2.24, 2.45) is 0 Å². The molecule has 7 heteroatoms. The molecule has 0 aliphatic carbocycles. The number of carbonyl (C=O) groups excluding carboxylic acids is 1. The highest BCUT2D eigenvalue weighted by atomic mass is 79.9. The molecule has 1 aromatic heterocycles. The van der Waals surface area contributed by atoms with E-state index < -0.39 is 6.04 Å². The van der Waals surface area contributed by atoms with E-state index in [1.807, 2.05) is 42.5 Å². The third kappa shape index (κ3) is 6.85. The van der Waals surface area contributed by atoms with Gasteiger partial charge in [0.2, 0.25) is 0 Å². The Kier molecular flexibility index (Phi) is 8.59. The minimum absolute atomic E-state index is 0.157. The van der Waals surface area contributed by atoms with Crippen molar-refractivity contribution >= 4 is 33.6 Å². The SMILES string of the molecule is Cc1ccc(-n2c(SCc3cccc(C)c3)nnc2C(Cc2ccccc2)NC(=O)c2ccc(Br)cc2)cc1. The largest absolute Gasteiger partial charge is 0.342 e. The first-order valence-electron chi connectivity index (χ1n) is 12.8. The Hall–Kier alpha value is -3.68. The number of aryl methyl sites for hydroxylation is 2. The monoisotopic (exact) mass is 596 g/mol.